The van der Waals surface area contributed by atoms with Crippen LogP contribution in [0.5, 0.6) is 0 Å². The maximum atomic E-state index is 12.6. The molecule has 1 aromatic carbocycles. The highest BCUT2D eigenvalue weighted by Gasteiger charge is 2.23. The first-order valence-electron chi connectivity index (χ1n) is 9.31. The molecule has 0 spiro atoms. The quantitative estimate of drug-likeness (QED) is 0.340. The van der Waals surface area contributed by atoms with Crippen molar-refractivity contribution in [2.75, 3.05) is 11.9 Å². The SMILES string of the molecule is CCOC(=O)c1c(-c2ccc([N+](=O)[O-])cc2)csc1NC(=O)Cn1cccc(C)c1=O. The topological polar surface area (TPSA) is 121 Å². The number of nitrogens with one attached hydrogen (secondary N) is 1. The van der Waals surface area contributed by atoms with Gasteiger partial charge in [-0.15, -0.1) is 11.3 Å². The van der Waals surface area contributed by atoms with Crippen LogP contribution in [-0.4, -0.2) is 28.0 Å². The molecule has 1 amide bonds. The van der Waals surface area contributed by atoms with Crippen molar-refractivity contribution in [1.82, 2.24) is 4.57 Å². The van der Waals surface area contributed by atoms with Crippen molar-refractivity contribution < 1.29 is 19.2 Å². The average molecular weight is 441 g/mol. The molecular weight excluding hydrogens is 422 g/mol. The van der Waals surface area contributed by atoms with Gasteiger partial charge in [-0.2, -0.15) is 0 Å². The highest BCUT2D eigenvalue weighted by atomic mass is 32.1. The van der Waals surface area contributed by atoms with Gasteiger partial charge in [-0.25, -0.2) is 4.79 Å². The molecule has 1 N–H and O–H groups in total. The summed E-state index contributed by atoms with van der Waals surface area (Å²) >= 11 is 1.13. The van der Waals surface area contributed by atoms with Crippen LogP contribution in [0.25, 0.3) is 11.1 Å². The van der Waals surface area contributed by atoms with Crippen LogP contribution >= 0.6 is 11.3 Å². The summed E-state index contributed by atoms with van der Waals surface area (Å²) < 4.78 is 6.42. The van der Waals surface area contributed by atoms with Crippen LogP contribution in [0, 0.1) is 17.0 Å². The molecule has 0 saturated carbocycles. The van der Waals surface area contributed by atoms with Gasteiger partial charge in [-0.1, -0.05) is 6.07 Å². The minimum atomic E-state index is -0.625. The summed E-state index contributed by atoms with van der Waals surface area (Å²) in [5, 5.41) is 15.5. The molecule has 0 aliphatic rings. The number of aryl methyl sites for hydroxylation is 1. The fraction of sp³-hybridized carbons (Fsp3) is 0.190. The number of hydrogen-bond acceptors (Lipinski definition) is 7. The number of hydrogen-bond donors (Lipinski definition) is 1. The van der Waals surface area contributed by atoms with E-state index in [-0.39, 0.29) is 35.0 Å². The summed E-state index contributed by atoms with van der Waals surface area (Å²) in [6.45, 7) is 3.25. The molecule has 0 aliphatic carbocycles. The molecule has 0 bridgehead atoms. The fourth-order valence-electron chi connectivity index (χ4n) is 2.93. The Kier molecular flexibility index (Phi) is 6.61. The number of aromatic nitrogens is 1. The first-order chi connectivity index (χ1) is 14.8. The number of pyridine rings is 1. The second kappa shape index (κ2) is 9.35. The molecule has 31 heavy (non-hydrogen) atoms. The Hall–Kier alpha value is -3.79. The maximum Gasteiger partial charge on any atom is 0.341 e. The molecule has 3 aromatic rings. The van der Waals surface area contributed by atoms with Crippen molar-refractivity contribution in [2.45, 2.75) is 20.4 Å². The number of ether oxygens (including phenoxy) is 1. The molecule has 9 nitrogen and oxygen atoms in total. The van der Waals surface area contributed by atoms with Crippen molar-refractivity contribution in [3.8, 4) is 11.1 Å². The number of thiophene rings is 1. The van der Waals surface area contributed by atoms with E-state index < -0.39 is 16.8 Å². The number of anilines is 1. The zero-order valence-corrected chi connectivity index (χ0v) is 17.6. The Labute approximate surface area is 181 Å². The summed E-state index contributed by atoms with van der Waals surface area (Å²) in [4.78, 5) is 47.7. The normalized spacial score (nSPS) is 10.5. The third-order valence-corrected chi connectivity index (χ3v) is 5.33. The lowest BCUT2D eigenvalue weighted by molar-refractivity contribution is -0.384. The lowest BCUT2D eigenvalue weighted by Crippen LogP contribution is -2.28. The molecule has 2 aromatic heterocycles. The van der Waals surface area contributed by atoms with E-state index in [9.17, 15) is 24.5 Å². The van der Waals surface area contributed by atoms with Gasteiger partial charge in [0.15, 0.2) is 0 Å². The number of carbonyl (C=O) groups is 2. The van der Waals surface area contributed by atoms with Crippen molar-refractivity contribution in [3.63, 3.8) is 0 Å². The zero-order valence-electron chi connectivity index (χ0n) is 16.8. The third-order valence-electron chi connectivity index (χ3n) is 4.44. The van der Waals surface area contributed by atoms with Crippen LogP contribution in [0.15, 0.2) is 52.8 Å². The summed E-state index contributed by atoms with van der Waals surface area (Å²) in [5.41, 5.74) is 1.38. The standard InChI is InChI=1S/C21H19N3O6S/c1-3-30-21(27)18-16(14-6-8-15(9-7-14)24(28)29)12-31-19(18)22-17(25)11-23-10-4-5-13(2)20(23)26/h4-10,12H,3,11H2,1-2H3,(H,22,25). The molecule has 0 saturated heterocycles. The summed E-state index contributed by atoms with van der Waals surface area (Å²) in [6.07, 6.45) is 1.51. The molecule has 0 atom stereocenters. The van der Waals surface area contributed by atoms with E-state index in [4.69, 9.17) is 4.74 Å². The maximum absolute atomic E-state index is 12.6. The van der Waals surface area contributed by atoms with Crippen LogP contribution in [0.4, 0.5) is 10.7 Å². The van der Waals surface area contributed by atoms with Gasteiger partial charge >= 0.3 is 5.97 Å². The van der Waals surface area contributed by atoms with Crippen LogP contribution in [0.3, 0.4) is 0 Å². The minimum Gasteiger partial charge on any atom is -0.462 e. The highest BCUT2D eigenvalue weighted by Crippen LogP contribution is 2.36. The average Bonchev–Trinajstić information content (AvgIpc) is 3.15. The Bertz CT molecular complexity index is 1200. The van der Waals surface area contributed by atoms with E-state index in [0.29, 0.717) is 16.7 Å². The van der Waals surface area contributed by atoms with Gasteiger partial charge in [0.2, 0.25) is 5.91 Å². The molecule has 0 fully saturated rings. The smallest absolute Gasteiger partial charge is 0.341 e. The predicted octanol–water partition coefficient (Wildman–Crippen LogP) is 3.61. The lowest BCUT2D eigenvalue weighted by atomic mass is 10.0. The third kappa shape index (κ3) is 4.86. The van der Waals surface area contributed by atoms with Gasteiger partial charge in [-0.05, 0) is 37.6 Å². The number of benzene rings is 1. The van der Waals surface area contributed by atoms with Crippen molar-refractivity contribution in [2.24, 2.45) is 0 Å². The Morgan fingerprint density at radius 2 is 1.94 bits per heavy atom. The van der Waals surface area contributed by atoms with E-state index in [1.54, 1.807) is 31.4 Å². The van der Waals surface area contributed by atoms with Gasteiger partial charge in [0, 0.05) is 34.8 Å². The molecule has 10 heteroatoms. The number of esters is 1. The highest BCUT2D eigenvalue weighted by molar-refractivity contribution is 7.15. The van der Waals surface area contributed by atoms with Crippen LogP contribution < -0.4 is 10.9 Å². The van der Waals surface area contributed by atoms with Gasteiger partial charge in [0.05, 0.1) is 11.5 Å². The number of carbonyl (C=O) groups excluding carboxylic acids is 2. The van der Waals surface area contributed by atoms with E-state index in [1.165, 1.54) is 35.0 Å². The summed E-state index contributed by atoms with van der Waals surface area (Å²) in [7, 11) is 0. The van der Waals surface area contributed by atoms with Crippen LogP contribution in [-0.2, 0) is 16.1 Å². The molecule has 3 rings (SSSR count). The Balaban J connectivity index is 1.92. The fourth-order valence-corrected chi connectivity index (χ4v) is 3.91. The van der Waals surface area contributed by atoms with E-state index in [2.05, 4.69) is 5.32 Å². The number of non-ortho nitro benzene ring substituents is 1. The number of rotatable bonds is 7. The van der Waals surface area contributed by atoms with Crippen molar-refractivity contribution in [1.29, 1.82) is 0 Å². The first kappa shape index (κ1) is 21.9. The van der Waals surface area contributed by atoms with E-state index in [1.807, 2.05) is 0 Å². The molecule has 0 unspecified atom stereocenters. The number of nitro groups is 1. The van der Waals surface area contributed by atoms with Gasteiger partial charge in [-0.3, -0.25) is 19.7 Å². The van der Waals surface area contributed by atoms with E-state index in [0.717, 1.165) is 11.3 Å². The molecule has 0 radical (unpaired) electrons. The second-order valence-corrected chi connectivity index (χ2v) is 7.43. The lowest BCUT2D eigenvalue weighted by Gasteiger charge is -2.10. The number of nitrogens with zero attached hydrogens (tertiary/aromatic N) is 2. The predicted molar refractivity (Wildman–Crippen MR) is 116 cm³/mol. The zero-order chi connectivity index (χ0) is 22.5. The molecular formula is C21H19N3O6S. The van der Waals surface area contributed by atoms with Crippen LogP contribution in [0.1, 0.15) is 22.8 Å². The first-order valence-corrected chi connectivity index (χ1v) is 10.2. The van der Waals surface area contributed by atoms with Gasteiger partial charge in [0.1, 0.15) is 17.1 Å². The van der Waals surface area contributed by atoms with E-state index >= 15 is 0 Å². The van der Waals surface area contributed by atoms with Crippen molar-refractivity contribution in [3.05, 3.63) is 79.6 Å². The summed E-state index contributed by atoms with van der Waals surface area (Å²) in [6, 6.07) is 9.06. The minimum absolute atomic E-state index is 0.0752. The summed E-state index contributed by atoms with van der Waals surface area (Å²) in [5.74, 6) is -1.10. The monoisotopic (exact) mass is 441 g/mol. The van der Waals surface area contributed by atoms with Gasteiger partial charge < -0.3 is 14.6 Å². The molecule has 0 aliphatic heterocycles. The van der Waals surface area contributed by atoms with Crippen molar-refractivity contribution >= 4 is 33.9 Å². The Morgan fingerprint density at radius 3 is 2.58 bits per heavy atom. The molecule has 2 heterocycles. The molecule has 160 valence electrons. The number of nitro benzene ring substituents is 1. The number of amides is 1. The largest absolute Gasteiger partial charge is 0.462 e. The van der Waals surface area contributed by atoms with Gasteiger partial charge in [0.25, 0.3) is 11.2 Å². The van der Waals surface area contributed by atoms with Crippen LogP contribution in [0.2, 0.25) is 0 Å². The Morgan fingerprint density at radius 1 is 1.23 bits per heavy atom. The second-order valence-electron chi connectivity index (χ2n) is 6.55.